The highest BCUT2D eigenvalue weighted by atomic mass is 16.5. The van der Waals surface area contributed by atoms with Crippen LogP contribution in [-0.4, -0.2) is 29.3 Å². The molecule has 0 bridgehead atoms. The molecule has 1 aromatic carbocycles. The van der Waals surface area contributed by atoms with E-state index in [4.69, 9.17) is 4.74 Å². The van der Waals surface area contributed by atoms with Crippen molar-refractivity contribution in [3.8, 4) is 5.75 Å². The summed E-state index contributed by atoms with van der Waals surface area (Å²) < 4.78 is 5.74. The highest BCUT2D eigenvalue weighted by molar-refractivity contribution is 5.90. The maximum absolute atomic E-state index is 12.1. The Labute approximate surface area is 154 Å². The summed E-state index contributed by atoms with van der Waals surface area (Å²) in [5.41, 5.74) is 3.60. The summed E-state index contributed by atoms with van der Waals surface area (Å²) in [4.78, 5) is 12.1. The molecule has 0 atom stereocenters. The van der Waals surface area contributed by atoms with E-state index in [-0.39, 0.29) is 11.3 Å². The van der Waals surface area contributed by atoms with Crippen LogP contribution in [0.25, 0.3) is 0 Å². The Kier molecular flexibility index (Phi) is 5.61. The van der Waals surface area contributed by atoms with Gasteiger partial charge in [-0.1, -0.05) is 32.9 Å². The Morgan fingerprint density at radius 1 is 1.27 bits per heavy atom. The maximum atomic E-state index is 12.1. The quantitative estimate of drug-likeness (QED) is 0.695. The number of nitrogens with zero attached hydrogens (tertiary/aromatic N) is 1. The molecule has 6 heteroatoms. The van der Waals surface area contributed by atoms with E-state index in [0.29, 0.717) is 25.3 Å². The van der Waals surface area contributed by atoms with Crippen molar-refractivity contribution in [3.63, 3.8) is 0 Å². The zero-order chi connectivity index (χ0) is 18.6. The standard InChI is InChI=1S/C20H28N4O2/c1-20(2,3)14-6-8-15(9-7-14)26-12-4-5-18(25)22-19-16-10-11-21-13-17(16)23-24-19/h6-9,21H,4-5,10-13H2,1-3H3,(H2,22,23,24,25). The van der Waals surface area contributed by atoms with Gasteiger partial charge in [0.15, 0.2) is 5.82 Å². The number of ether oxygens (including phenoxy) is 1. The predicted octanol–water partition coefficient (Wildman–Crippen LogP) is 3.15. The molecule has 26 heavy (non-hydrogen) atoms. The van der Waals surface area contributed by atoms with Gasteiger partial charge in [0.2, 0.25) is 5.91 Å². The van der Waals surface area contributed by atoms with Crippen molar-refractivity contribution in [2.75, 3.05) is 18.5 Å². The third-order valence-corrected chi connectivity index (χ3v) is 4.60. The molecule has 6 nitrogen and oxygen atoms in total. The summed E-state index contributed by atoms with van der Waals surface area (Å²) in [5.74, 6) is 1.49. The SMILES string of the molecule is CC(C)(C)c1ccc(OCCCC(=O)Nc2n[nH]c3c2CCNC3)cc1. The van der Waals surface area contributed by atoms with Gasteiger partial charge in [-0.15, -0.1) is 0 Å². The van der Waals surface area contributed by atoms with E-state index in [1.165, 1.54) is 5.56 Å². The van der Waals surface area contributed by atoms with Gasteiger partial charge in [0.25, 0.3) is 0 Å². The molecule has 3 rings (SSSR count). The molecule has 1 amide bonds. The van der Waals surface area contributed by atoms with Gasteiger partial charge in [-0.3, -0.25) is 9.89 Å². The zero-order valence-corrected chi connectivity index (χ0v) is 15.8. The number of carbonyl (C=O) groups is 1. The molecule has 0 fully saturated rings. The minimum Gasteiger partial charge on any atom is -0.494 e. The first kappa shape index (κ1) is 18.5. The van der Waals surface area contributed by atoms with Crippen LogP contribution in [0.15, 0.2) is 24.3 Å². The average molecular weight is 356 g/mol. The first-order chi connectivity index (χ1) is 12.4. The molecule has 0 saturated carbocycles. The molecular formula is C20H28N4O2. The number of hydrogen-bond donors (Lipinski definition) is 3. The van der Waals surface area contributed by atoms with Crippen molar-refractivity contribution in [2.45, 2.75) is 52.0 Å². The van der Waals surface area contributed by atoms with Crippen LogP contribution in [-0.2, 0) is 23.2 Å². The number of H-pyrrole nitrogens is 1. The molecule has 2 aromatic rings. The lowest BCUT2D eigenvalue weighted by atomic mass is 9.87. The minimum absolute atomic E-state index is 0.0236. The molecule has 0 saturated heterocycles. The summed E-state index contributed by atoms with van der Waals surface area (Å²) in [6.07, 6.45) is 1.97. The Morgan fingerprint density at radius 3 is 2.77 bits per heavy atom. The van der Waals surface area contributed by atoms with Gasteiger partial charge in [-0.2, -0.15) is 5.10 Å². The topological polar surface area (TPSA) is 79.0 Å². The van der Waals surface area contributed by atoms with Crippen LogP contribution >= 0.6 is 0 Å². The third-order valence-electron chi connectivity index (χ3n) is 4.60. The Balaban J connectivity index is 1.41. The second-order valence-electron chi connectivity index (χ2n) is 7.73. The van der Waals surface area contributed by atoms with Gasteiger partial charge in [-0.05, 0) is 42.5 Å². The summed E-state index contributed by atoms with van der Waals surface area (Å²) in [6.45, 7) is 8.78. The van der Waals surface area contributed by atoms with E-state index in [1.54, 1.807) is 0 Å². The van der Waals surface area contributed by atoms with E-state index in [2.05, 4.69) is 53.7 Å². The van der Waals surface area contributed by atoms with Crippen LogP contribution in [0.3, 0.4) is 0 Å². The van der Waals surface area contributed by atoms with Crippen LogP contribution in [0.4, 0.5) is 5.82 Å². The van der Waals surface area contributed by atoms with Crippen LogP contribution < -0.4 is 15.4 Å². The second-order valence-corrected chi connectivity index (χ2v) is 7.73. The van der Waals surface area contributed by atoms with Gasteiger partial charge in [0.05, 0.1) is 12.3 Å². The summed E-state index contributed by atoms with van der Waals surface area (Å²) in [5, 5.41) is 13.4. The molecule has 1 aromatic heterocycles. The fraction of sp³-hybridized carbons (Fsp3) is 0.500. The predicted molar refractivity (Wildman–Crippen MR) is 102 cm³/mol. The van der Waals surface area contributed by atoms with E-state index < -0.39 is 0 Å². The molecule has 0 radical (unpaired) electrons. The number of fused-ring (bicyclic) bond motifs is 1. The lowest BCUT2D eigenvalue weighted by Gasteiger charge is -2.19. The summed E-state index contributed by atoms with van der Waals surface area (Å²) in [6, 6.07) is 8.17. The van der Waals surface area contributed by atoms with E-state index in [0.717, 1.165) is 36.5 Å². The van der Waals surface area contributed by atoms with Crippen molar-refractivity contribution >= 4 is 11.7 Å². The molecule has 0 unspecified atom stereocenters. The minimum atomic E-state index is -0.0236. The van der Waals surface area contributed by atoms with Crippen LogP contribution in [0.1, 0.15) is 50.4 Å². The Bertz CT molecular complexity index is 744. The lowest BCUT2D eigenvalue weighted by Crippen LogP contribution is -2.24. The van der Waals surface area contributed by atoms with Crippen molar-refractivity contribution in [1.82, 2.24) is 15.5 Å². The fourth-order valence-electron chi connectivity index (χ4n) is 3.02. The zero-order valence-electron chi connectivity index (χ0n) is 15.8. The summed E-state index contributed by atoms with van der Waals surface area (Å²) in [7, 11) is 0. The molecular weight excluding hydrogens is 328 g/mol. The number of nitrogens with one attached hydrogen (secondary N) is 3. The van der Waals surface area contributed by atoms with Gasteiger partial charge in [-0.25, -0.2) is 0 Å². The molecule has 0 spiro atoms. The first-order valence-corrected chi connectivity index (χ1v) is 9.23. The second kappa shape index (κ2) is 7.91. The average Bonchev–Trinajstić information content (AvgIpc) is 3.01. The highest BCUT2D eigenvalue weighted by Gasteiger charge is 2.18. The van der Waals surface area contributed by atoms with Gasteiger partial charge in [0.1, 0.15) is 5.75 Å². The molecule has 140 valence electrons. The van der Waals surface area contributed by atoms with E-state index >= 15 is 0 Å². The van der Waals surface area contributed by atoms with Gasteiger partial charge < -0.3 is 15.4 Å². The fourth-order valence-corrected chi connectivity index (χ4v) is 3.02. The van der Waals surface area contributed by atoms with Crippen molar-refractivity contribution in [3.05, 3.63) is 41.1 Å². The van der Waals surface area contributed by atoms with Gasteiger partial charge >= 0.3 is 0 Å². The molecule has 2 heterocycles. The number of carbonyl (C=O) groups excluding carboxylic acids is 1. The molecule has 3 N–H and O–H groups in total. The number of anilines is 1. The Morgan fingerprint density at radius 2 is 2.04 bits per heavy atom. The largest absolute Gasteiger partial charge is 0.494 e. The highest BCUT2D eigenvalue weighted by Crippen LogP contribution is 2.24. The van der Waals surface area contributed by atoms with Crippen LogP contribution in [0.2, 0.25) is 0 Å². The Hall–Kier alpha value is -2.34. The van der Waals surface area contributed by atoms with Crippen LogP contribution in [0.5, 0.6) is 5.75 Å². The lowest BCUT2D eigenvalue weighted by molar-refractivity contribution is -0.116. The van der Waals surface area contributed by atoms with Crippen molar-refractivity contribution in [1.29, 1.82) is 0 Å². The molecule has 1 aliphatic heterocycles. The number of aromatic amines is 1. The number of benzene rings is 1. The van der Waals surface area contributed by atoms with Crippen molar-refractivity contribution < 1.29 is 9.53 Å². The first-order valence-electron chi connectivity index (χ1n) is 9.23. The van der Waals surface area contributed by atoms with Crippen molar-refractivity contribution in [2.24, 2.45) is 0 Å². The van der Waals surface area contributed by atoms with E-state index in [9.17, 15) is 4.79 Å². The number of rotatable bonds is 6. The van der Waals surface area contributed by atoms with Crippen LogP contribution in [0, 0.1) is 0 Å². The summed E-state index contributed by atoms with van der Waals surface area (Å²) >= 11 is 0. The number of aromatic nitrogens is 2. The monoisotopic (exact) mass is 356 g/mol. The molecule has 1 aliphatic rings. The third kappa shape index (κ3) is 4.64. The molecule has 0 aliphatic carbocycles. The van der Waals surface area contributed by atoms with E-state index in [1.807, 2.05) is 12.1 Å². The number of hydrogen-bond acceptors (Lipinski definition) is 4. The maximum Gasteiger partial charge on any atom is 0.225 e. The smallest absolute Gasteiger partial charge is 0.225 e. The normalized spacial score (nSPS) is 14.0. The number of amides is 1. The van der Waals surface area contributed by atoms with Gasteiger partial charge in [0, 0.05) is 18.5 Å².